The number of thioether (sulfide) groups is 1. The number of tetrazole rings is 1. The summed E-state index contributed by atoms with van der Waals surface area (Å²) in [6, 6.07) is 9.82. The van der Waals surface area contributed by atoms with Gasteiger partial charge in [-0.25, -0.2) is 4.39 Å². The number of rotatable bonds is 6. The number of nitrogens with one attached hydrogen (secondary N) is 1. The number of aromatic nitrogens is 7. The number of carbonyl (C=O) groups is 1. The second-order valence-corrected chi connectivity index (χ2v) is 7.91. The summed E-state index contributed by atoms with van der Waals surface area (Å²) >= 11 is 7.37. The maximum atomic E-state index is 14.2. The van der Waals surface area contributed by atoms with Crippen molar-refractivity contribution in [3.8, 4) is 11.4 Å². The van der Waals surface area contributed by atoms with Gasteiger partial charge in [0.15, 0.2) is 11.0 Å². The fourth-order valence-electron chi connectivity index (χ4n) is 2.76. The van der Waals surface area contributed by atoms with Crippen molar-refractivity contribution in [3.05, 3.63) is 65.0 Å². The monoisotopic (exact) mass is 458 g/mol. The maximum absolute atomic E-state index is 14.2. The van der Waals surface area contributed by atoms with Crippen LogP contribution in [0.2, 0.25) is 5.02 Å². The number of aryl methyl sites for hydroxylation is 2. The second kappa shape index (κ2) is 8.82. The first-order valence-electron chi connectivity index (χ1n) is 9.06. The Kier molecular flexibility index (Phi) is 5.96. The first-order chi connectivity index (χ1) is 14.9. The van der Waals surface area contributed by atoms with Crippen molar-refractivity contribution in [2.24, 2.45) is 0 Å². The first-order valence-corrected chi connectivity index (χ1v) is 10.4. The molecule has 158 valence electrons. The van der Waals surface area contributed by atoms with E-state index in [1.165, 1.54) is 34.6 Å². The number of amides is 1. The third kappa shape index (κ3) is 4.57. The molecule has 0 radical (unpaired) electrons. The Morgan fingerprint density at radius 1 is 1.16 bits per heavy atom. The van der Waals surface area contributed by atoms with E-state index in [0.717, 1.165) is 11.3 Å². The minimum Gasteiger partial charge on any atom is -0.323 e. The zero-order chi connectivity index (χ0) is 22.0. The summed E-state index contributed by atoms with van der Waals surface area (Å²) in [7, 11) is 0. The molecule has 1 amide bonds. The quantitative estimate of drug-likeness (QED) is 0.442. The number of carbonyl (C=O) groups excluding carboxylic acids is 1. The van der Waals surface area contributed by atoms with Crippen molar-refractivity contribution in [3.63, 3.8) is 0 Å². The zero-order valence-corrected chi connectivity index (χ0v) is 18.0. The Morgan fingerprint density at radius 3 is 2.71 bits per heavy atom. The highest BCUT2D eigenvalue weighted by atomic mass is 35.5. The third-order valence-corrected chi connectivity index (χ3v) is 5.73. The van der Waals surface area contributed by atoms with E-state index in [2.05, 4.69) is 31.0 Å². The van der Waals surface area contributed by atoms with E-state index in [4.69, 9.17) is 11.6 Å². The van der Waals surface area contributed by atoms with Gasteiger partial charge in [-0.3, -0.25) is 9.36 Å². The van der Waals surface area contributed by atoms with Gasteiger partial charge in [-0.05, 0) is 60.2 Å². The van der Waals surface area contributed by atoms with Crippen LogP contribution in [0.4, 0.5) is 10.1 Å². The van der Waals surface area contributed by atoms with Gasteiger partial charge in [0.25, 0.3) is 0 Å². The van der Waals surface area contributed by atoms with Gasteiger partial charge in [0.2, 0.25) is 5.91 Å². The minimum atomic E-state index is -0.565. The molecule has 4 aromatic rings. The van der Waals surface area contributed by atoms with Gasteiger partial charge in [0.05, 0.1) is 22.8 Å². The highest BCUT2D eigenvalue weighted by molar-refractivity contribution is 7.99. The van der Waals surface area contributed by atoms with Crippen LogP contribution in [0.5, 0.6) is 0 Å². The molecule has 0 saturated heterocycles. The first kappa shape index (κ1) is 20.9. The van der Waals surface area contributed by atoms with Crippen LogP contribution in [0.15, 0.2) is 47.9 Å². The van der Waals surface area contributed by atoms with E-state index < -0.39 is 11.7 Å². The summed E-state index contributed by atoms with van der Waals surface area (Å²) in [5.74, 6) is -0.419. The van der Waals surface area contributed by atoms with Crippen molar-refractivity contribution in [1.82, 2.24) is 35.0 Å². The summed E-state index contributed by atoms with van der Waals surface area (Å²) in [6.07, 6.45) is 1.54. The molecule has 0 unspecified atom stereocenters. The van der Waals surface area contributed by atoms with Crippen molar-refractivity contribution in [2.45, 2.75) is 19.0 Å². The summed E-state index contributed by atoms with van der Waals surface area (Å²) in [4.78, 5) is 12.4. The van der Waals surface area contributed by atoms with E-state index in [1.54, 1.807) is 23.9 Å². The minimum absolute atomic E-state index is 0.00582. The number of hydrogen-bond acceptors (Lipinski definition) is 7. The van der Waals surface area contributed by atoms with E-state index in [9.17, 15) is 9.18 Å². The number of halogens is 2. The molecule has 0 aliphatic rings. The largest absolute Gasteiger partial charge is 0.323 e. The zero-order valence-electron chi connectivity index (χ0n) is 16.5. The molecular weight excluding hydrogens is 443 g/mol. The van der Waals surface area contributed by atoms with Gasteiger partial charge in [0, 0.05) is 5.02 Å². The summed E-state index contributed by atoms with van der Waals surface area (Å²) in [5, 5.41) is 22.9. The van der Waals surface area contributed by atoms with Gasteiger partial charge in [0.1, 0.15) is 12.1 Å². The lowest BCUT2D eigenvalue weighted by Crippen LogP contribution is -2.16. The Hall–Kier alpha value is -3.31. The molecule has 0 aliphatic heterocycles. The molecule has 0 atom stereocenters. The molecule has 2 aromatic carbocycles. The molecule has 12 heteroatoms. The van der Waals surface area contributed by atoms with Crippen molar-refractivity contribution in [1.29, 1.82) is 0 Å². The SMILES string of the molecule is Cc1ccc(-n2cnnc2SCC(=O)Nc2cc(-n3nnnc3C)ccc2F)cc1Cl. The molecule has 0 spiro atoms. The normalized spacial score (nSPS) is 11.0. The number of nitrogens with zero attached hydrogens (tertiary/aromatic N) is 7. The molecule has 31 heavy (non-hydrogen) atoms. The molecule has 0 bridgehead atoms. The molecule has 4 rings (SSSR count). The van der Waals surface area contributed by atoms with E-state index >= 15 is 0 Å². The topological polar surface area (TPSA) is 103 Å². The second-order valence-electron chi connectivity index (χ2n) is 6.56. The summed E-state index contributed by atoms with van der Waals surface area (Å²) in [6.45, 7) is 3.63. The predicted molar refractivity (Wildman–Crippen MR) is 114 cm³/mol. The molecule has 0 fully saturated rings. The molecule has 9 nitrogen and oxygen atoms in total. The lowest BCUT2D eigenvalue weighted by molar-refractivity contribution is -0.113. The summed E-state index contributed by atoms with van der Waals surface area (Å²) in [5.41, 5.74) is 2.29. The van der Waals surface area contributed by atoms with Crippen LogP contribution in [-0.4, -0.2) is 46.6 Å². The fourth-order valence-corrected chi connectivity index (χ4v) is 3.66. The van der Waals surface area contributed by atoms with E-state index in [1.807, 2.05) is 19.1 Å². The Morgan fingerprint density at radius 2 is 1.97 bits per heavy atom. The number of anilines is 1. The molecule has 0 aliphatic carbocycles. The number of hydrogen-bond donors (Lipinski definition) is 1. The molecular formula is C19H16ClFN8OS. The van der Waals surface area contributed by atoms with E-state index in [0.29, 0.717) is 21.7 Å². The average Bonchev–Trinajstić information content (AvgIpc) is 3.39. The van der Waals surface area contributed by atoms with Crippen LogP contribution >= 0.6 is 23.4 Å². The van der Waals surface area contributed by atoms with Gasteiger partial charge < -0.3 is 5.32 Å². The van der Waals surface area contributed by atoms with Gasteiger partial charge >= 0.3 is 0 Å². The van der Waals surface area contributed by atoms with Gasteiger partial charge in [-0.1, -0.05) is 29.4 Å². The Balaban J connectivity index is 1.46. The van der Waals surface area contributed by atoms with Crippen molar-refractivity contribution in [2.75, 3.05) is 11.1 Å². The lowest BCUT2D eigenvalue weighted by Gasteiger charge is -2.10. The van der Waals surface area contributed by atoms with Crippen molar-refractivity contribution >= 4 is 35.0 Å². The molecule has 0 saturated carbocycles. The van der Waals surface area contributed by atoms with Crippen LogP contribution in [0, 0.1) is 19.7 Å². The number of benzene rings is 2. The van der Waals surface area contributed by atoms with Crippen LogP contribution in [0.3, 0.4) is 0 Å². The Bertz CT molecular complexity index is 1260. The fraction of sp³-hybridized carbons (Fsp3) is 0.158. The molecule has 2 heterocycles. The molecule has 1 N–H and O–H groups in total. The predicted octanol–water partition coefficient (Wildman–Crippen LogP) is 3.38. The van der Waals surface area contributed by atoms with Gasteiger partial charge in [-0.15, -0.1) is 15.3 Å². The van der Waals surface area contributed by atoms with Crippen LogP contribution in [0.25, 0.3) is 11.4 Å². The highest BCUT2D eigenvalue weighted by Crippen LogP contribution is 2.24. The summed E-state index contributed by atoms with van der Waals surface area (Å²) < 4.78 is 17.4. The maximum Gasteiger partial charge on any atom is 0.234 e. The van der Waals surface area contributed by atoms with Gasteiger partial charge in [-0.2, -0.15) is 4.68 Å². The average molecular weight is 459 g/mol. The Labute approximate surface area is 185 Å². The smallest absolute Gasteiger partial charge is 0.234 e. The standard InChI is InChI=1S/C19H16ClFN8OS/c1-11-3-4-13(7-15(11)20)28-10-22-25-19(28)31-9-18(30)23-17-8-14(5-6-16(17)21)29-12(2)24-26-27-29/h3-8,10H,9H2,1-2H3,(H,23,30). The van der Waals surface area contributed by atoms with Crippen LogP contribution < -0.4 is 5.32 Å². The van der Waals surface area contributed by atoms with E-state index in [-0.39, 0.29) is 11.4 Å². The highest BCUT2D eigenvalue weighted by Gasteiger charge is 2.14. The molecule has 2 aromatic heterocycles. The lowest BCUT2D eigenvalue weighted by atomic mass is 10.2. The van der Waals surface area contributed by atoms with Crippen molar-refractivity contribution < 1.29 is 9.18 Å². The third-order valence-electron chi connectivity index (χ3n) is 4.38. The van der Waals surface area contributed by atoms with Crippen LogP contribution in [0.1, 0.15) is 11.4 Å². The van der Waals surface area contributed by atoms with Crippen LogP contribution in [-0.2, 0) is 4.79 Å².